The van der Waals surface area contributed by atoms with Crippen LogP contribution in [0.2, 0.25) is 0 Å². The SMILES string of the molecule is CCOC(=O)c1sc(/N=C2/N=C(C)C(CC)C(=O)N2)nc1C. The Morgan fingerprint density at radius 1 is 1.41 bits per heavy atom. The van der Waals surface area contributed by atoms with Crippen molar-refractivity contribution in [3.63, 3.8) is 0 Å². The van der Waals surface area contributed by atoms with Gasteiger partial charge in [0.15, 0.2) is 0 Å². The van der Waals surface area contributed by atoms with Crippen molar-refractivity contribution in [2.45, 2.75) is 34.1 Å². The number of hydrogen-bond donors (Lipinski definition) is 1. The Hall–Kier alpha value is -2.09. The van der Waals surface area contributed by atoms with Crippen molar-refractivity contribution in [3.8, 4) is 0 Å². The lowest BCUT2D eigenvalue weighted by atomic mass is 9.99. The number of esters is 1. The average Bonchev–Trinajstić information content (AvgIpc) is 2.79. The lowest BCUT2D eigenvalue weighted by molar-refractivity contribution is -0.121. The summed E-state index contributed by atoms with van der Waals surface area (Å²) in [5.74, 6) is -0.543. The van der Waals surface area contributed by atoms with Crippen LogP contribution in [0.15, 0.2) is 9.98 Å². The zero-order valence-electron chi connectivity index (χ0n) is 13.0. The Labute approximate surface area is 132 Å². The molecule has 0 saturated carbocycles. The lowest BCUT2D eigenvalue weighted by Crippen LogP contribution is -2.42. The maximum Gasteiger partial charge on any atom is 0.350 e. The highest BCUT2D eigenvalue weighted by Gasteiger charge is 2.26. The number of amides is 1. The third kappa shape index (κ3) is 3.38. The maximum absolute atomic E-state index is 11.9. The molecule has 118 valence electrons. The van der Waals surface area contributed by atoms with Gasteiger partial charge in [0.2, 0.25) is 17.0 Å². The van der Waals surface area contributed by atoms with E-state index < -0.39 is 5.97 Å². The first-order chi connectivity index (χ1) is 10.5. The van der Waals surface area contributed by atoms with Gasteiger partial charge in [-0.15, -0.1) is 0 Å². The maximum atomic E-state index is 11.9. The zero-order valence-corrected chi connectivity index (χ0v) is 13.8. The minimum atomic E-state index is -0.414. The van der Waals surface area contributed by atoms with Crippen LogP contribution in [0.25, 0.3) is 0 Å². The molecule has 1 aromatic heterocycles. The first-order valence-electron chi connectivity index (χ1n) is 7.05. The van der Waals surface area contributed by atoms with E-state index in [0.29, 0.717) is 28.7 Å². The van der Waals surface area contributed by atoms with Crippen LogP contribution in [0.1, 0.15) is 42.6 Å². The van der Waals surface area contributed by atoms with Crippen LogP contribution >= 0.6 is 11.3 Å². The second-order valence-electron chi connectivity index (χ2n) is 4.77. The van der Waals surface area contributed by atoms with Gasteiger partial charge in [-0.3, -0.25) is 10.1 Å². The summed E-state index contributed by atoms with van der Waals surface area (Å²) >= 11 is 1.12. The number of thiazole rings is 1. The van der Waals surface area contributed by atoms with Crippen LogP contribution < -0.4 is 5.32 Å². The van der Waals surface area contributed by atoms with Gasteiger partial charge in [0.05, 0.1) is 18.2 Å². The van der Waals surface area contributed by atoms with Crippen LogP contribution in [0.5, 0.6) is 0 Å². The number of nitrogens with one attached hydrogen (secondary N) is 1. The van der Waals surface area contributed by atoms with Gasteiger partial charge in [-0.2, -0.15) is 4.99 Å². The fraction of sp³-hybridized carbons (Fsp3) is 0.500. The summed E-state index contributed by atoms with van der Waals surface area (Å²) in [4.78, 5) is 36.8. The number of guanidine groups is 1. The molecule has 2 rings (SSSR count). The van der Waals surface area contributed by atoms with Gasteiger partial charge in [-0.1, -0.05) is 18.3 Å². The Balaban J connectivity index is 2.27. The number of carbonyl (C=O) groups is 2. The molecule has 0 saturated heterocycles. The normalized spacial score (nSPS) is 19.8. The molecule has 0 aromatic carbocycles. The number of ether oxygens (including phenoxy) is 1. The summed E-state index contributed by atoms with van der Waals surface area (Å²) in [5, 5.41) is 3.02. The number of aromatic nitrogens is 1. The van der Waals surface area contributed by atoms with Crippen molar-refractivity contribution in [2.24, 2.45) is 15.9 Å². The topological polar surface area (TPSA) is 93.0 Å². The Bertz CT molecular complexity index is 663. The number of nitrogens with zero attached hydrogens (tertiary/aromatic N) is 3. The Morgan fingerprint density at radius 2 is 2.14 bits per heavy atom. The van der Waals surface area contributed by atoms with Gasteiger partial charge in [0.1, 0.15) is 4.88 Å². The van der Waals surface area contributed by atoms with Crippen molar-refractivity contribution in [3.05, 3.63) is 10.6 Å². The number of rotatable bonds is 4. The highest BCUT2D eigenvalue weighted by molar-refractivity contribution is 7.17. The Kier molecular flexibility index (Phi) is 5.02. The smallest absolute Gasteiger partial charge is 0.350 e. The molecular weight excluding hydrogens is 304 g/mol. The molecule has 0 spiro atoms. The van der Waals surface area contributed by atoms with Crippen LogP contribution in [-0.4, -0.2) is 35.1 Å². The number of hydrogen-bond acceptors (Lipinski definition) is 6. The minimum absolute atomic E-state index is 0.118. The second kappa shape index (κ2) is 6.78. The van der Waals surface area contributed by atoms with Crippen molar-refractivity contribution in [2.75, 3.05) is 6.61 Å². The molecule has 0 bridgehead atoms. The summed E-state index contributed by atoms with van der Waals surface area (Å²) in [5.41, 5.74) is 1.28. The fourth-order valence-corrected chi connectivity index (χ4v) is 2.93. The molecule has 0 radical (unpaired) electrons. The number of aryl methyl sites for hydroxylation is 1. The van der Waals surface area contributed by atoms with Crippen molar-refractivity contribution >= 4 is 40.0 Å². The summed E-state index contributed by atoms with van der Waals surface area (Å²) in [7, 11) is 0. The fourth-order valence-electron chi connectivity index (χ4n) is 2.10. The van der Waals surface area contributed by atoms with Gasteiger partial charge in [0.25, 0.3) is 0 Å². The Morgan fingerprint density at radius 3 is 2.73 bits per heavy atom. The van der Waals surface area contributed by atoms with Crippen LogP contribution in [-0.2, 0) is 9.53 Å². The van der Waals surface area contributed by atoms with Crippen molar-refractivity contribution in [1.82, 2.24) is 10.3 Å². The summed E-state index contributed by atoms with van der Waals surface area (Å²) < 4.78 is 4.96. The molecule has 2 heterocycles. The van der Waals surface area contributed by atoms with E-state index in [1.807, 2.05) is 6.92 Å². The lowest BCUT2D eigenvalue weighted by Gasteiger charge is -2.19. The van der Waals surface area contributed by atoms with Crippen molar-refractivity contribution < 1.29 is 14.3 Å². The van der Waals surface area contributed by atoms with Crippen LogP contribution in [0.4, 0.5) is 5.13 Å². The van der Waals surface area contributed by atoms with E-state index in [-0.39, 0.29) is 17.8 Å². The van der Waals surface area contributed by atoms with E-state index in [1.165, 1.54) is 0 Å². The van der Waals surface area contributed by atoms with Gasteiger partial charge in [-0.25, -0.2) is 14.8 Å². The van der Waals surface area contributed by atoms with Gasteiger partial charge < -0.3 is 4.74 Å². The average molecular weight is 322 g/mol. The molecule has 1 aliphatic heterocycles. The van der Waals surface area contributed by atoms with E-state index >= 15 is 0 Å². The van der Waals surface area contributed by atoms with Crippen LogP contribution in [0.3, 0.4) is 0 Å². The molecule has 1 aliphatic rings. The van der Waals surface area contributed by atoms with Gasteiger partial charge in [-0.05, 0) is 27.2 Å². The van der Waals surface area contributed by atoms with E-state index in [1.54, 1.807) is 20.8 Å². The summed E-state index contributed by atoms with van der Waals surface area (Å²) in [6, 6.07) is 0. The zero-order chi connectivity index (χ0) is 16.3. The molecule has 1 N–H and O–H groups in total. The second-order valence-corrected chi connectivity index (χ2v) is 5.75. The predicted molar refractivity (Wildman–Crippen MR) is 84.9 cm³/mol. The summed E-state index contributed by atoms with van der Waals surface area (Å²) in [6.07, 6.45) is 0.692. The molecule has 1 amide bonds. The van der Waals surface area contributed by atoms with Gasteiger partial charge in [0, 0.05) is 5.71 Å². The predicted octanol–water partition coefficient (Wildman–Crippen LogP) is 2.23. The molecule has 1 atom stereocenters. The van der Waals surface area contributed by atoms with Gasteiger partial charge >= 0.3 is 5.97 Å². The van der Waals surface area contributed by atoms with E-state index in [2.05, 4.69) is 20.3 Å². The standard InChI is InChI=1S/C14H18N4O3S/c1-5-9-7(3)15-13(17-11(9)19)18-14-16-8(4)10(22-14)12(20)21-6-2/h9H,5-6H2,1-4H3,(H,16,17,18,19). The molecule has 0 aliphatic carbocycles. The molecule has 22 heavy (non-hydrogen) atoms. The molecule has 1 aromatic rings. The highest BCUT2D eigenvalue weighted by Crippen LogP contribution is 2.26. The largest absolute Gasteiger partial charge is 0.462 e. The number of carbonyl (C=O) groups excluding carboxylic acids is 2. The molecule has 8 heteroatoms. The van der Waals surface area contributed by atoms with E-state index in [4.69, 9.17) is 4.74 Å². The molecule has 7 nitrogen and oxygen atoms in total. The minimum Gasteiger partial charge on any atom is -0.462 e. The summed E-state index contributed by atoms with van der Waals surface area (Å²) in [6.45, 7) is 7.50. The first kappa shape index (κ1) is 16.3. The highest BCUT2D eigenvalue weighted by atomic mass is 32.1. The first-order valence-corrected chi connectivity index (χ1v) is 7.87. The molecule has 0 fully saturated rings. The third-order valence-electron chi connectivity index (χ3n) is 3.19. The van der Waals surface area contributed by atoms with E-state index in [0.717, 1.165) is 17.0 Å². The molecular formula is C14H18N4O3S. The van der Waals surface area contributed by atoms with Crippen molar-refractivity contribution in [1.29, 1.82) is 0 Å². The third-order valence-corrected chi connectivity index (χ3v) is 4.23. The number of aliphatic imine (C=N–C) groups is 2. The molecule has 1 unspecified atom stereocenters. The monoisotopic (exact) mass is 322 g/mol. The quantitative estimate of drug-likeness (QED) is 0.860. The van der Waals surface area contributed by atoms with Crippen LogP contribution in [0, 0.1) is 12.8 Å². The van der Waals surface area contributed by atoms with E-state index in [9.17, 15) is 9.59 Å².